The zero-order valence-corrected chi connectivity index (χ0v) is 50.6. The molecule has 0 spiro atoms. The van der Waals surface area contributed by atoms with Crippen molar-refractivity contribution in [2.24, 2.45) is 0 Å². The van der Waals surface area contributed by atoms with Gasteiger partial charge in [-0.3, -0.25) is 32.5 Å². The van der Waals surface area contributed by atoms with Crippen LogP contribution in [0.4, 0.5) is 0 Å². The van der Waals surface area contributed by atoms with E-state index in [-0.39, 0.29) is 19.3 Å². The third kappa shape index (κ3) is 56.4. The molecule has 0 amide bonds. The number of esters is 3. The second-order valence-electron chi connectivity index (χ2n) is 19.8. The van der Waals surface area contributed by atoms with E-state index < -0.39 is 91.5 Å². The first-order valence-corrected chi connectivity index (χ1v) is 32.9. The maximum atomic E-state index is 12.8. The minimum atomic E-state index is -4.92. The van der Waals surface area contributed by atoms with Crippen molar-refractivity contribution < 1.29 is 75.8 Å². The number of hydrogen-bond acceptors (Lipinski definition) is 14. The lowest BCUT2D eigenvalue weighted by Crippen LogP contribution is -2.30. The van der Waals surface area contributed by atoms with Crippen molar-refractivity contribution in [1.29, 1.82) is 0 Å². The number of aliphatic hydroxyl groups excluding tert-OH is 2. The molecular weight excluding hydrogens is 1050 g/mol. The zero-order valence-electron chi connectivity index (χ0n) is 48.8. The number of carbonyl (C=O) groups is 3. The van der Waals surface area contributed by atoms with Gasteiger partial charge in [-0.05, 0) is 109 Å². The van der Waals surface area contributed by atoms with Gasteiger partial charge < -0.3 is 34.2 Å². The molecule has 0 aliphatic heterocycles. The highest BCUT2D eigenvalue weighted by atomic mass is 31.2. The summed E-state index contributed by atoms with van der Waals surface area (Å²) in [4.78, 5) is 58.0. The highest BCUT2D eigenvalue weighted by Gasteiger charge is 2.29. The van der Waals surface area contributed by atoms with Crippen LogP contribution in [0.25, 0.3) is 0 Å². The molecule has 4 N–H and O–H groups in total. The summed E-state index contributed by atoms with van der Waals surface area (Å²) in [7, 11) is -9.77. The molecule has 18 heteroatoms. The van der Waals surface area contributed by atoms with E-state index in [1.54, 1.807) is 0 Å². The molecule has 0 bridgehead atoms. The maximum Gasteiger partial charge on any atom is 0.472 e. The maximum absolute atomic E-state index is 12.8. The summed E-state index contributed by atoms with van der Waals surface area (Å²) in [6.45, 7) is 2.38. The molecule has 16 nitrogen and oxygen atoms in total. The minimum absolute atomic E-state index is 0.0908. The van der Waals surface area contributed by atoms with Crippen LogP contribution in [0.5, 0.6) is 0 Å². The molecule has 0 aliphatic carbocycles. The van der Waals surface area contributed by atoms with E-state index in [0.29, 0.717) is 19.3 Å². The fraction of sp³-hybridized carbons (Fsp3) is 0.721. The highest BCUT2D eigenvalue weighted by molar-refractivity contribution is 7.47. The molecule has 0 fully saturated rings. The Bertz CT molecular complexity index is 1790. The number of carbonyl (C=O) groups excluding carboxylic acids is 3. The van der Waals surface area contributed by atoms with Crippen molar-refractivity contribution in [3.63, 3.8) is 0 Å². The van der Waals surface area contributed by atoms with Crippen molar-refractivity contribution in [2.45, 2.75) is 245 Å². The van der Waals surface area contributed by atoms with Gasteiger partial charge in [0.05, 0.1) is 26.4 Å². The van der Waals surface area contributed by atoms with Crippen LogP contribution in [0.1, 0.15) is 226 Å². The number of unbranched alkanes of at least 4 members (excludes halogenated alkanes) is 19. The largest absolute Gasteiger partial charge is 0.472 e. The SMILES string of the molecule is CC/C=C\C/C=C\C/C=C\C/C=C\CCCCCCC(=O)OCC(O)COP(=O)(O)OCC(O)COP(=O)(O)OCC(COC(=O)CCCCCCC/C=C\C/C=C\CCC)OC(=O)CCCCCCC/C=C\CCCCCC. The Morgan fingerprint density at radius 3 is 1.13 bits per heavy atom. The molecule has 0 aromatic rings. The average molecular weight is 1160 g/mol. The Labute approximate surface area is 476 Å². The Morgan fingerprint density at radius 2 is 0.696 bits per heavy atom. The summed E-state index contributed by atoms with van der Waals surface area (Å²) >= 11 is 0. The van der Waals surface area contributed by atoms with Gasteiger partial charge in [0, 0.05) is 19.3 Å². The molecule has 5 unspecified atom stereocenters. The first kappa shape index (κ1) is 75.7. The summed E-state index contributed by atoms with van der Waals surface area (Å²) in [6.07, 6.45) is 55.1. The molecule has 0 heterocycles. The predicted octanol–water partition coefficient (Wildman–Crippen LogP) is 15.4. The zero-order chi connectivity index (χ0) is 58.2. The third-order valence-corrected chi connectivity index (χ3v) is 14.0. The Balaban J connectivity index is 4.70. The lowest BCUT2D eigenvalue weighted by atomic mass is 10.1. The van der Waals surface area contributed by atoms with Crippen LogP contribution in [0.15, 0.2) is 85.1 Å². The van der Waals surface area contributed by atoms with E-state index in [2.05, 4.69) is 106 Å². The molecule has 0 aliphatic rings. The number of rotatable bonds is 56. The topological polar surface area (TPSA) is 231 Å². The van der Waals surface area contributed by atoms with Gasteiger partial charge in [0.2, 0.25) is 0 Å². The molecule has 0 aromatic carbocycles. The third-order valence-electron chi connectivity index (χ3n) is 12.1. The highest BCUT2D eigenvalue weighted by Crippen LogP contribution is 2.45. The smallest absolute Gasteiger partial charge is 0.463 e. The number of allylic oxidation sites excluding steroid dienone is 14. The van der Waals surface area contributed by atoms with Crippen molar-refractivity contribution in [3.8, 4) is 0 Å². The normalized spacial score (nSPS) is 15.1. The van der Waals surface area contributed by atoms with Crippen LogP contribution in [0, 0.1) is 0 Å². The van der Waals surface area contributed by atoms with Crippen LogP contribution in [0.3, 0.4) is 0 Å². The molecular formula is C61H106O16P2. The van der Waals surface area contributed by atoms with Gasteiger partial charge in [0.25, 0.3) is 0 Å². The summed E-state index contributed by atoms with van der Waals surface area (Å²) < 4.78 is 60.5. The van der Waals surface area contributed by atoms with E-state index >= 15 is 0 Å². The van der Waals surface area contributed by atoms with Crippen LogP contribution >= 0.6 is 15.6 Å². The van der Waals surface area contributed by atoms with Crippen LogP contribution < -0.4 is 0 Å². The summed E-state index contributed by atoms with van der Waals surface area (Å²) in [5, 5.41) is 20.4. The molecule has 5 atom stereocenters. The van der Waals surface area contributed by atoms with E-state index in [1.165, 1.54) is 25.7 Å². The summed E-state index contributed by atoms with van der Waals surface area (Å²) in [5.74, 6) is -1.63. The lowest BCUT2D eigenvalue weighted by molar-refractivity contribution is -0.161. The molecule has 0 saturated heterocycles. The van der Waals surface area contributed by atoms with E-state index in [1.807, 2.05) is 0 Å². The van der Waals surface area contributed by atoms with Gasteiger partial charge in [0.15, 0.2) is 6.10 Å². The second-order valence-corrected chi connectivity index (χ2v) is 22.7. The minimum Gasteiger partial charge on any atom is -0.463 e. The first-order chi connectivity index (χ1) is 38.2. The number of ether oxygens (including phenoxy) is 3. The van der Waals surface area contributed by atoms with Gasteiger partial charge in [-0.1, -0.05) is 183 Å². The summed E-state index contributed by atoms with van der Waals surface area (Å²) in [6, 6.07) is 0. The van der Waals surface area contributed by atoms with Crippen LogP contribution in [0.2, 0.25) is 0 Å². The fourth-order valence-electron chi connectivity index (χ4n) is 7.47. The quantitative estimate of drug-likeness (QED) is 0.0146. The first-order valence-electron chi connectivity index (χ1n) is 29.9. The van der Waals surface area contributed by atoms with E-state index in [4.69, 9.17) is 32.3 Å². The molecule has 0 saturated carbocycles. The van der Waals surface area contributed by atoms with Gasteiger partial charge in [-0.2, -0.15) is 0 Å². The predicted molar refractivity (Wildman–Crippen MR) is 316 cm³/mol. The van der Waals surface area contributed by atoms with E-state index in [9.17, 15) is 43.5 Å². The summed E-state index contributed by atoms with van der Waals surface area (Å²) in [5.41, 5.74) is 0. The van der Waals surface area contributed by atoms with Gasteiger partial charge in [0.1, 0.15) is 25.4 Å². The van der Waals surface area contributed by atoms with Crippen molar-refractivity contribution in [1.82, 2.24) is 0 Å². The fourth-order valence-corrected chi connectivity index (χ4v) is 9.06. The second kappa shape index (κ2) is 55.3. The molecule has 456 valence electrons. The monoisotopic (exact) mass is 1160 g/mol. The average Bonchev–Trinajstić information content (AvgIpc) is 3.42. The number of aliphatic hydroxyl groups is 2. The molecule has 79 heavy (non-hydrogen) atoms. The Morgan fingerprint density at radius 1 is 0.367 bits per heavy atom. The number of phosphoric acid groups is 2. The van der Waals surface area contributed by atoms with E-state index in [0.717, 1.165) is 141 Å². The molecule has 0 radical (unpaired) electrons. The Hall–Kier alpha value is -3.27. The van der Waals surface area contributed by atoms with Crippen molar-refractivity contribution >= 4 is 33.6 Å². The molecule has 0 aromatic heterocycles. The van der Waals surface area contributed by atoms with Crippen LogP contribution in [-0.4, -0.2) is 95.9 Å². The van der Waals surface area contributed by atoms with Crippen molar-refractivity contribution in [3.05, 3.63) is 85.1 Å². The number of hydrogen-bond donors (Lipinski definition) is 4. The molecule has 0 rings (SSSR count). The Kier molecular flexibility index (Phi) is 53.0. The van der Waals surface area contributed by atoms with Crippen molar-refractivity contribution in [2.75, 3.05) is 39.6 Å². The van der Waals surface area contributed by atoms with Crippen LogP contribution in [-0.2, 0) is 55.8 Å². The number of phosphoric ester groups is 2. The lowest BCUT2D eigenvalue weighted by Gasteiger charge is -2.21. The van der Waals surface area contributed by atoms with Gasteiger partial charge >= 0.3 is 33.6 Å². The van der Waals surface area contributed by atoms with Gasteiger partial charge in [-0.25, -0.2) is 9.13 Å². The standard InChI is InChI=1S/C61H106O16P2/c1-4-7-10-13-16-19-22-25-26-27-28-31-33-35-38-41-44-47-59(64)71-50-56(62)51-73-78(67,68)74-52-57(63)53-75-79(69,70)76-55-58(77-61(66)49-46-43-40-37-34-30-24-21-18-15-12-9-6-3)54-72-60(65)48-45-42-39-36-32-29-23-20-17-14-11-8-5-2/h7,10-11,14,16,19-21,23-26,28,31,56-58,62-63H,4-6,8-9,12-13,15,17-18,22,27,29-30,32-55H2,1-3H3,(H,67,68)(H,69,70)/b10-7-,14-11-,19-16-,23-20-,24-21-,26-25-,31-28-. The van der Waals surface area contributed by atoms with Gasteiger partial charge in [-0.15, -0.1) is 0 Å².